The molecular formula is C18H29N3O2. The standard InChI is InChI=1S/C18H29N3O2/c1-14-7-5-8-15(20-14)11-19-12-18(23)9-6-10-21(16(18)22)13-17(2,3)4/h5,7-8,19,23H,6,9-13H2,1-4H3. The van der Waals surface area contributed by atoms with Crippen molar-refractivity contribution in [2.75, 3.05) is 19.6 Å². The number of pyridine rings is 1. The fourth-order valence-corrected chi connectivity index (χ4v) is 3.05. The fourth-order valence-electron chi connectivity index (χ4n) is 3.05. The van der Waals surface area contributed by atoms with Gasteiger partial charge in [-0.1, -0.05) is 26.8 Å². The monoisotopic (exact) mass is 319 g/mol. The van der Waals surface area contributed by atoms with Gasteiger partial charge in [-0.25, -0.2) is 0 Å². The molecule has 2 N–H and O–H groups in total. The molecule has 0 bridgehead atoms. The maximum absolute atomic E-state index is 12.6. The summed E-state index contributed by atoms with van der Waals surface area (Å²) in [6.07, 6.45) is 1.35. The molecule has 5 heteroatoms. The van der Waals surface area contributed by atoms with Crippen molar-refractivity contribution in [1.82, 2.24) is 15.2 Å². The number of piperidine rings is 1. The molecule has 0 aromatic carbocycles. The van der Waals surface area contributed by atoms with E-state index in [0.29, 0.717) is 19.5 Å². The number of amides is 1. The van der Waals surface area contributed by atoms with Crippen molar-refractivity contribution in [2.24, 2.45) is 5.41 Å². The first-order valence-corrected chi connectivity index (χ1v) is 8.35. The van der Waals surface area contributed by atoms with Crippen molar-refractivity contribution in [3.8, 4) is 0 Å². The summed E-state index contributed by atoms with van der Waals surface area (Å²) in [6, 6.07) is 5.86. The third-order valence-electron chi connectivity index (χ3n) is 4.04. The molecular weight excluding hydrogens is 290 g/mol. The Morgan fingerprint density at radius 3 is 2.78 bits per heavy atom. The van der Waals surface area contributed by atoms with Crippen LogP contribution in [-0.2, 0) is 11.3 Å². The number of hydrogen-bond donors (Lipinski definition) is 2. The topological polar surface area (TPSA) is 65.5 Å². The zero-order valence-electron chi connectivity index (χ0n) is 14.7. The molecule has 2 heterocycles. The Kier molecular flexibility index (Phi) is 5.42. The summed E-state index contributed by atoms with van der Waals surface area (Å²) in [5.74, 6) is -0.150. The number of aromatic nitrogens is 1. The van der Waals surface area contributed by atoms with E-state index >= 15 is 0 Å². The number of carbonyl (C=O) groups is 1. The first-order chi connectivity index (χ1) is 10.7. The van der Waals surface area contributed by atoms with Gasteiger partial charge in [-0.3, -0.25) is 9.78 Å². The molecule has 1 aromatic rings. The molecule has 1 saturated heterocycles. The molecule has 1 unspecified atom stereocenters. The van der Waals surface area contributed by atoms with Crippen molar-refractivity contribution in [3.63, 3.8) is 0 Å². The Morgan fingerprint density at radius 1 is 1.39 bits per heavy atom. The molecule has 1 fully saturated rings. The minimum atomic E-state index is -1.30. The minimum Gasteiger partial charge on any atom is -0.379 e. The predicted octanol–water partition coefficient (Wildman–Crippen LogP) is 1.88. The highest BCUT2D eigenvalue weighted by Gasteiger charge is 2.42. The molecule has 0 radical (unpaired) electrons. The summed E-state index contributed by atoms with van der Waals surface area (Å²) >= 11 is 0. The molecule has 5 nitrogen and oxygen atoms in total. The predicted molar refractivity (Wildman–Crippen MR) is 90.9 cm³/mol. The van der Waals surface area contributed by atoms with Crippen LogP contribution in [0.4, 0.5) is 0 Å². The van der Waals surface area contributed by atoms with Gasteiger partial charge in [0.1, 0.15) is 0 Å². The second-order valence-corrected chi connectivity index (χ2v) is 7.80. The van der Waals surface area contributed by atoms with Gasteiger partial charge in [-0.2, -0.15) is 0 Å². The molecule has 1 aliphatic heterocycles. The lowest BCUT2D eigenvalue weighted by molar-refractivity contribution is -0.158. The Morgan fingerprint density at radius 2 is 2.13 bits per heavy atom. The van der Waals surface area contributed by atoms with Crippen molar-refractivity contribution in [2.45, 2.75) is 52.7 Å². The molecule has 1 aliphatic rings. The van der Waals surface area contributed by atoms with Crippen LogP contribution in [0, 0.1) is 12.3 Å². The smallest absolute Gasteiger partial charge is 0.255 e. The summed E-state index contributed by atoms with van der Waals surface area (Å²) in [4.78, 5) is 18.9. The number of aryl methyl sites for hydroxylation is 1. The number of aliphatic hydroxyl groups is 1. The summed E-state index contributed by atoms with van der Waals surface area (Å²) in [6.45, 7) is 10.5. The SMILES string of the molecule is Cc1cccc(CNCC2(O)CCCN(CC(C)(C)C)C2=O)n1. The van der Waals surface area contributed by atoms with Gasteiger partial charge in [0.2, 0.25) is 0 Å². The molecule has 1 amide bonds. The Labute approximate surface area is 139 Å². The van der Waals surface area contributed by atoms with E-state index in [2.05, 4.69) is 31.1 Å². The molecule has 2 rings (SSSR count). The Bertz CT molecular complexity index is 553. The van der Waals surface area contributed by atoms with Crippen molar-refractivity contribution >= 4 is 5.91 Å². The lowest BCUT2D eigenvalue weighted by Gasteiger charge is -2.41. The average Bonchev–Trinajstić information content (AvgIpc) is 2.43. The Hall–Kier alpha value is -1.46. The second-order valence-electron chi connectivity index (χ2n) is 7.80. The van der Waals surface area contributed by atoms with Gasteiger partial charge in [0.15, 0.2) is 5.60 Å². The summed E-state index contributed by atoms with van der Waals surface area (Å²) in [5.41, 5.74) is 0.622. The van der Waals surface area contributed by atoms with Crippen molar-refractivity contribution in [1.29, 1.82) is 0 Å². The minimum absolute atomic E-state index is 0.0345. The zero-order chi connectivity index (χ0) is 17.1. The first-order valence-electron chi connectivity index (χ1n) is 8.35. The highest BCUT2D eigenvalue weighted by Crippen LogP contribution is 2.25. The van der Waals surface area contributed by atoms with Crippen molar-refractivity contribution < 1.29 is 9.90 Å². The van der Waals surface area contributed by atoms with Crippen LogP contribution >= 0.6 is 0 Å². The van der Waals surface area contributed by atoms with Crippen LogP contribution in [0.25, 0.3) is 0 Å². The highest BCUT2D eigenvalue weighted by atomic mass is 16.3. The van der Waals surface area contributed by atoms with Crippen LogP contribution in [0.5, 0.6) is 0 Å². The number of nitrogens with zero attached hydrogens (tertiary/aromatic N) is 2. The molecule has 1 aromatic heterocycles. The van der Waals surface area contributed by atoms with Crippen LogP contribution in [0.1, 0.15) is 45.0 Å². The number of nitrogens with one attached hydrogen (secondary N) is 1. The average molecular weight is 319 g/mol. The fraction of sp³-hybridized carbons (Fsp3) is 0.667. The van der Waals surface area contributed by atoms with Gasteiger partial charge in [-0.15, -0.1) is 0 Å². The van der Waals surface area contributed by atoms with E-state index < -0.39 is 5.60 Å². The van der Waals surface area contributed by atoms with Crippen LogP contribution in [0.2, 0.25) is 0 Å². The van der Waals surface area contributed by atoms with E-state index in [-0.39, 0.29) is 17.9 Å². The molecule has 0 spiro atoms. The molecule has 128 valence electrons. The largest absolute Gasteiger partial charge is 0.379 e. The number of rotatable bonds is 5. The molecule has 0 aliphatic carbocycles. The van der Waals surface area contributed by atoms with Gasteiger partial charge < -0.3 is 15.3 Å². The highest BCUT2D eigenvalue weighted by molar-refractivity contribution is 5.86. The van der Waals surface area contributed by atoms with Gasteiger partial charge in [0.25, 0.3) is 5.91 Å². The van der Waals surface area contributed by atoms with E-state index in [4.69, 9.17) is 0 Å². The van der Waals surface area contributed by atoms with Crippen LogP contribution in [0.15, 0.2) is 18.2 Å². The van der Waals surface area contributed by atoms with Gasteiger partial charge >= 0.3 is 0 Å². The third-order valence-corrected chi connectivity index (χ3v) is 4.04. The maximum Gasteiger partial charge on any atom is 0.255 e. The van der Waals surface area contributed by atoms with Crippen LogP contribution < -0.4 is 5.32 Å². The van der Waals surface area contributed by atoms with Crippen molar-refractivity contribution in [3.05, 3.63) is 29.6 Å². The second kappa shape index (κ2) is 6.97. The Balaban J connectivity index is 1.93. The lowest BCUT2D eigenvalue weighted by atomic mass is 9.88. The van der Waals surface area contributed by atoms with E-state index in [1.54, 1.807) is 4.90 Å². The molecule has 23 heavy (non-hydrogen) atoms. The van der Waals surface area contributed by atoms with E-state index in [1.165, 1.54) is 0 Å². The summed E-state index contributed by atoms with van der Waals surface area (Å²) < 4.78 is 0. The maximum atomic E-state index is 12.6. The van der Waals surface area contributed by atoms with Crippen LogP contribution in [-0.4, -0.2) is 46.1 Å². The molecule has 0 saturated carbocycles. The van der Waals surface area contributed by atoms with Gasteiger partial charge in [0, 0.05) is 31.9 Å². The quantitative estimate of drug-likeness (QED) is 0.870. The summed E-state index contributed by atoms with van der Waals surface area (Å²) in [7, 11) is 0. The lowest BCUT2D eigenvalue weighted by Crippen LogP contribution is -2.59. The normalized spacial score (nSPS) is 22.5. The number of likely N-dealkylation sites (tertiary alicyclic amines) is 1. The first kappa shape index (κ1) is 17.9. The van der Waals surface area contributed by atoms with Crippen LogP contribution in [0.3, 0.4) is 0 Å². The van der Waals surface area contributed by atoms with E-state index in [9.17, 15) is 9.90 Å². The number of hydrogen-bond acceptors (Lipinski definition) is 4. The van der Waals surface area contributed by atoms with Gasteiger partial charge in [0.05, 0.1) is 5.69 Å². The van der Waals surface area contributed by atoms with E-state index in [1.807, 2.05) is 25.1 Å². The molecule has 1 atom stereocenters. The third kappa shape index (κ3) is 5.01. The van der Waals surface area contributed by atoms with Gasteiger partial charge in [-0.05, 0) is 37.3 Å². The van der Waals surface area contributed by atoms with E-state index in [0.717, 1.165) is 24.4 Å². The number of carbonyl (C=O) groups excluding carboxylic acids is 1. The summed E-state index contributed by atoms with van der Waals surface area (Å²) in [5, 5.41) is 14.0. The zero-order valence-corrected chi connectivity index (χ0v) is 14.7.